The summed E-state index contributed by atoms with van der Waals surface area (Å²) in [5.41, 5.74) is 5.73. The van der Waals surface area contributed by atoms with Gasteiger partial charge in [-0.15, -0.1) is 13.2 Å². The topological polar surface area (TPSA) is 68.9 Å². The average Bonchev–Trinajstić information content (AvgIpc) is 2.53. The Morgan fingerprint density at radius 1 is 1.04 bits per heavy atom. The Morgan fingerprint density at radius 3 is 2.42 bits per heavy atom. The summed E-state index contributed by atoms with van der Waals surface area (Å²) in [6, 6.07) is 14.7. The number of ether oxygens (including phenoxy) is 2. The van der Waals surface area contributed by atoms with E-state index in [0.717, 1.165) is 0 Å². The number of rotatable bonds is 6. The molecule has 0 aromatic heterocycles. The van der Waals surface area contributed by atoms with Gasteiger partial charge < -0.3 is 20.5 Å². The van der Waals surface area contributed by atoms with Crippen LogP contribution in [0, 0.1) is 0 Å². The minimum Gasteiger partial charge on any atom is -0.492 e. The second-order valence-corrected chi connectivity index (χ2v) is 4.60. The number of anilines is 1. The highest BCUT2D eigenvalue weighted by Gasteiger charge is 2.32. The van der Waals surface area contributed by atoms with Gasteiger partial charge in [0.05, 0.1) is 12.2 Å². The lowest BCUT2D eigenvalue weighted by atomic mass is 10.3. The lowest BCUT2D eigenvalue weighted by Gasteiger charge is -2.14. The summed E-state index contributed by atoms with van der Waals surface area (Å²) in [5, 5.41) is 2.58. The summed E-state index contributed by atoms with van der Waals surface area (Å²) in [5.74, 6) is 0.275. The van der Waals surface area contributed by atoms with E-state index in [1.807, 2.05) is 18.2 Å². The molecule has 2 aromatic rings. The van der Waals surface area contributed by atoms with Crippen LogP contribution in [-0.4, -0.2) is 25.5 Å². The molecule has 0 spiro atoms. The minimum absolute atomic E-state index is 0.0371. The molecule has 5 nitrogen and oxygen atoms in total. The van der Waals surface area contributed by atoms with E-state index in [1.54, 1.807) is 18.2 Å². The van der Waals surface area contributed by atoms with Gasteiger partial charge in [-0.25, -0.2) is 4.99 Å². The van der Waals surface area contributed by atoms with Gasteiger partial charge in [-0.2, -0.15) is 0 Å². The second kappa shape index (κ2) is 8.09. The van der Waals surface area contributed by atoms with Crippen molar-refractivity contribution < 1.29 is 22.6 Å². The van der Waals surface area contributed by atoms with Crippen LogP contribution in [0.5, 0.6) is 11.5 Å². The van der Waals surface area contributed by atoms with E-state index in [0.29, 0.717) is 5.75 Å². The van der Waals surface area contributed by atoms with Crippen molar-refractivity contribution >= 4 is 11.6 Å². The van der Waals surface area contributed by atoms with Crippen LogP contribution in [0.2, 0.25) is 0 Å². The molecule has 128 valence electrons. The number of benzene rings is 2. The van der Waals surface area contributed by atoms with Gasteiger partial charge in [0.15, 0.2) is 11.7 Å². The smallest absolute Gasteiger partial charge is 0.492 e. The van der Waals surface area contributed by atoms with Gasteiger partial charge in [0.1, 0.15) is 12.4 Å². The molecule has 0 saturated carbocycles. The van der Waals surface area contributed by atoms with E-state index in [2.05, 4.69) is 15.0 Å². The Labute approximate surface area is 136 Å². The SMILES string of the molecule is NC(=NCCOc1ccccc1)Nc1ccccc1OC(F)(F)F. The van der Waals surface area contributed by atoms with Crippen LogP contribution >= 0.6 is 0 Å². The molecule has 0 amide bonds. The van der Waals surface area contributed by atoms with Crippen molar-refractivity contribution in [3.05, 3.63) is 54.6 Å². The van der Waals surface area contributed by atoms with E-state index < -0.39 is 6.36 Å². The third-order valence-corrected chi connectivity index (χ3v) is 2.76. The fourth-order valence-corrected chi connectivity index (χ4v) is 1.81. The van der Waals surface area contributed by atoms with Crippen LogP contribution in [-0.2, 0) is 0 Å². The Balaban J connectivity index is 1.88. The zero-order valence-corrected chi connectivity index (χ0v) is 12.6. The van der Waals surface area contributed by atoms with Crippen molar-refractivity contribution in [3.63, 3.8) is 0 Å². The van der Waals surface area contributed by atoms with Crippen molar-refractivity contribution in [2.24, 2.45) is 10.7 Å². The van der Waals surface area contributed by atoms with E-state index in [4.69, 9.17) is 10.5 Å². The minimum atomic E-state index is -4.78. The summed E-state index contributed by atoms with van der Waals surface area (Å²) in [6.07, 6.45) is -4.78. The highest BCUT2D eigenvalue weighted by molar-refractivity contribution is 5.93. The van der Waals surface area contributed by atoms with Crippen molar-refractivity contribution in [2.75, 3.05) is 18.5 Å². The van der Waals surface area contributed by atoms with Gasteiger partial charge >= 0.3 is 6.36 Å². The lowest BCUT2D eigenvalue weighted by molar-refractivity contribution is -0.274. The molecule has 0 aliphatic heterocycles. The van der Waals surface area contributed by atoms with Crippen LogP contribution < -0.4 is 20.5 Å². The Kier molecular flexibility index (Phi) is 5.89. The number of guanidine groups is 1. The summed E-state index contributed by atoms with van der Waals surface area (Å²) in [4.78, 5) is 3.99. The highest BCUT2D eigenvalue weighted by Crippen LogP contribution is 2.29. The molecule has 8 heteroatoms. The standard InChI is InChI=1S/C16H16F3N3O2/c17-16(18,19)24-14-9-5-4-8-13(14)22-15(20)21-10-11-23-12-6-2-1-3-7-12/h1-9H,10-11H2,(H3,20,21,22). The van der Waals surface area contributed by atoms with Crippen molar-refractivity contribution in [2.45, 2.75) is 6.36 Å². The molecule has 0 aliphatic rings. The molecule has 2 aromatic carbocycles. The molecule has 0 atom stereocenters. The molecule has 0 bridgehead atoms. The van der Waals surface area contributed by atoms with Crippen LogP contribution in [0.3, 0.4) is 0 Å². The molecule has 2 rings (SSSR count). The fraction of sp³-hybridized carbons (Fsp3) is 0.188. The predicted molar refractivity (Wildman–Crippen MR) is 85.2 cm³/mol. The zero-order valence-electron chi connectivity index (χ0n) is 12.6. The molecular formula is C16H16F3N3O2. The number of alkyl halides is 3. The van der Waals surface area contributed by atoms with Gasteiger partial charge in [-0.1, -0.05) is 30.3 Å². The van der Waals surface area contributed by atoms with Crippen molar-refractivity contribution in [1.29, 1.82) is 0 Å². The summed E-state index contributed by atoms with van der Waals surface area (Å²) >= 11 is 0. The van der Waals surface area contributed by atoms with E-state index in [9.17, 15) is 13.2 Å². The van der Waals surface area contributed by atoms with Gasteiger partial charge in [0.25, 0.3) is 0 Å². The number of halogens is 3. The maximum Gasteiger partial charge on any atom is 0.573 e. The summed E-state index contributed by atoms with van der Waals surface area (Å²) in [6.45, 7) is 0.531. The molecule has 0 saturated heterocycles. The first-order valence-corrected chi connectivity index (χ1v) is 7.03. The number of nitrogens with one attached hydrogen (secondary N) is 1. The second-order valence-electron chi connectivity index (χ2n) is 4.60. The monoisotopic (exact) mass is 339 g/mol. The first kappa shape index (κ1) is 17.5. The highest BCUT2D eigenvalue weighted by atomic mass is 19.4. The number of nitrogens with two attached hydrogens (primary N) is 1. The van der Waals surface area contributed by atoms with Crippen molar-refractivity contribution in [3.8, 4) is 11.5 Å². The van der Waals surface area contributed by atoms with Gasteiger partial charge in [0.2, 0.25) is 0 Å². The molecule has 0 heterocycles. The van der Waals surface area contributed by atoms with Crippen LogP contribution in [0.25, 0.3) is 0 Å². The molecular weight excluding hydrogens is 323 g/mol. The first-order valence-electron chi connectivity index (χ1n) is 7.03. The van der Waals surface area contributed by atoms with E-state index >= 15 is 0 Å². The van der Waals surface area contributed by atoms with Crippen LogP contribution in [0.1, 0.15) is 0 Å². The normalized spacial score (nSPS) is 11.9. The molecule has 0 radical (unpaired) electrons. The predicted octanol–water partition coefficient (Wildman–Crippen LogP) is 3.39. The number of hydrogen-bond acceptors (Lipinski definition) is 3. The van der Waals surface area contributed by atoms with Gasteiger partial charge in [0, 0.05) is 0 Å². The van der Waals surface area contributed by atoms with E-state index in [-0.39, 0.29) is 30.5 Å². The van der Waals surface area contributed by atoms with Gasteiger partial charge in [-0.05, 0) is 24.3 Å². The lowest BCUT2D eigenvalue weighted by Crippen LogP contribution is -2.25. The third kappa shape index (κ3) is 6.07. The number of aliphatic imine (C=N–C) groups is 1. The van der Waals surface area contributed by atoms with Crippen LogP contribution in [0.4, 0.5) is 18.9 Å². The number of nitrogens with zero attached hydrogens (tertiary/aromatic N) is 1. The molecule has 0 unspecified atom stereocenters. The Bertz CT molecular complexity index is 676. The maximum atomic E-state index is 12.3. The average molecular weight is 339 g/mol. The molecule has 24 heavy (non-hydrogen) atoms. The third-order valence-electron chi connectivity index (χ3n) is 2.76. The Morgan fingerprint density at radius 2 is 1.71 bits per heavy atom. The number of hydrogen-bond donors (Lipinski definition) is 2. The molecule has 0 aliphatic carbocycles. The van der Waals surface area contributed by atoms with Crippen molar-refractivity contribution in [1.82, 2.24) is 0 Å². The number of para-hydroxylation sites is 3. The quantitative estimate of drug-likeness (QED) is 0.481. The largest absolute Gasteiger partial charge is 0.573 e. The molecule has 0 fully saturated rings. The maximum absolute atomic E-state index is 12.3. The van der Waals surface area contributed by atoms with E-state index in [1.165, 1.54) is 18.2 Å². The van der Waals surface area contributed by atoms with Gasteiger partial charge in [-0.3, -0.25) is 0 Å². The fourth-order valence-electron chi connectivity index (χ4n) is 1.81. The molecule has 3 N–H and O–H groups in total. The summed E-state index contributed by atoms with van der Waals surface area (Å²) < 4.78 is 46.4. The first-order chi connectivity index (χ1) is 11.4. The Hall–Kier alpha value is -2.90. The zero-order chi connectivity index (χ0) is 17.4. The summed E-state index contributed by atoms with van der Waals surface area (Å²) in [7, 11) is 0. The van der Waals surface area contributed by atoms with Crippen LogP contribution in [0.15, 0.2) is 59.6 Å².